The fraction of sp³-hybridized carbons (Fsp3) is 0.410. The summed E-state index contributed by atoms with van der Waals surface area (Å²) < 4.78 is 24.7. The highest BCUT2D eigenvalue weighted by molar-refractivity contribution is 5.99. The van der Waals surface area contributed by atoms with Crippen molar-refractivity contribution in [1.29, 1.82) is 0 Å². The van der Waals surface area contributed by atoms with E-state index in [4.69, 9.17) is 18.9 Å². The number of ether oxygens (including phenoxy) is 4. The van der Waals surface area contributed by atoms with Gasteiger partial charge in [0.1, 0.15) is 23.4 Å². The number of anilines is 1. The number of fused-ring (bicyclic) bond motifs is 2. The molecule has 4 aromatic rings. The molecule has 2 aromatic heterocycles. The number of hydrogen-bond donors (Lipinski definition) is 3. The summed E-state index contributed by atoms with van der Waals surface area (Å²) >= 11 is 0. The highest BCUT2D eigenvalue weighted by atomic mass is 16.5. The molecule has 2 aliphatic heterocycles. The smallest absolute Gasteiger partial charge is 0.264 e. The zero-order valence-electron chi connectivity index (χ0n) is 31.3. The van der Waals surface area contributed by atoms with Crippen LogP contribution in [0.25, 0.3) is 16.5 Å². The number of aliphatic hydroxyl groups is 1. The van der Waals surface area contributed by atoms with Crippen LogP contribution in [0.15, 0.2) is 59.8 Å². The molecule has 2 atom stereocenters. The second kappa shape index (κ2) is 17.2. The fourth-order valence-electron chi connectivity index (χ4n) is 6.89. The van der Waals surface area contributed by atoms with Gasteiger partial charge in [0.25, 0.3) is 5.56 Å². The standard InChI is InChI=1S/C39H47N7O8/c1-24-42-31-8-6-7-30(36(31)39(50)46(24)32-9-10-35(47)43-37(32)48)41-13-15-53-17-18-54-16-14-44(2)22-29-33(51-4)19-25(20-34(29)52-5)28-23-45(3)38(49)27-21-40-12-11-26(27)28/h6-8,11-12,19-21,23,32,38,41,49H,9-10,13-18,22H2,1-5H3,(H,43,47,48). The number of rotatable bonds is 16. The van der Waals surface area contributed by atoms with Crippen molar-refractivity contribution in [2.24, 2.45) is 0 Å². The van der Waals surface area contributed by atoms with Crippen molar-refractivity contribution < 1.29 is 33.6 Å². The first kappa shape index (κ1) is 38.4. The molecule has 1 fully saturated rings. The summed E-state index contributed by atoms with van der Waals surface area (Å²) in [6, 6.07) is 10.5. The predicted molar refractivity (Wildman–Crippen MR) is 202 cm³/mol. The van der Waals surface area contributed by atoms with E-state index in [2.05, 4.69) is 25.5 Å². The Morgan fingerprint density at radius 2 is 1.78 bits per heavy atom. The van der Waals surface area contributed by atoms with Gasteiger partial charge < -0.3 is 34.3 Å². The summed E-state index contributed by atoms with van der Waals surface area (Å²) in [6.45, 7) is 5.04. The molecule has 0 spiro atoms. The largest absolute Gasteiger partial charge is 0.496 e. The second-order valence-corrected chi connectivity index (χ2v) is 13.3. The van der Waals surface area contributed by atoms with Gasteiger partial charge in [-0.2, -0.15) is 0 Å². The molecule has 15 nitrogen and oxygen atoms in total. The van der Waals surface area contributed by atoms with Gasteiger partial charge in [-0.25, -0.2) is 4.98 Å². The fourth-order valence-corrected chi connectivity index (χ4v) is 6.89. The average Bonchev–Trinajstić information content (AvgIpc) is 3.16. The van der Waals surface area contributed by atoms with Crippen LogP contribution in [0, 0.1) is 6.92 Å². The van der Waals surface area contributed by atoms with E-state index in [-0.39, 0.29) is 24.3 Å². The number of imide groups is 1. The molecule has 15 heteroatoms. The van der Waals surface area contributed by atoms with E-state index in [0.29, 0.717) is 80.0 Å². The Balaban J connectivity index is 0.969. The minimum absolute atomic E-state index is 0.164. The van der Waals surface area contributed by atoms with Gasteiger partial charge in [0.2, 0.25) is 11.8 Å². The highest BCUT2D eigenvalue weighted by Crippen LogP contribution is 2.40. The van der Waals surface area contributed by atoms with E-state index >= 15 is 0 Å². The number of methoxy groups -OCH3 is 2. The number of aromatic nitrogens is 3. The summed E-state index contributed by atoms with van der Waals surface area (Å²) in [5, 5.41) is 16.6. The van der Waals surface area contributed by atoms with Crippen molar-refractivity contribution in [3.63, 3.8) is 0 Å². The second-order valence-electron chi connectivity index (χ2n) is 13.3. The molecule has 0 radical (unpaired) electrons. The minimum Gasteiger partial charge on any atom is -0.496 e. The molecule has 0 aliphatic carbocycles. The van der Waals surface area contributed by atoms with Crippen LogP contribution in [0.3, 0.4) is 0 Å². The molecule has 0 saturated carbocycles. The average molecular weight is 742 g/mol. The van der Waals surface area contributed by atoms with E-state index in [1.165, 1.54) is 4.57 Å². The number of nitrogens with zero attached hydrogens (tertiary/aromatic N) is 5. The molecule has 2 aliphatic rings. The number of carbonyl (C=O) groups excluding carboxylic acids is 2. The summed E-state index contributed by atoms with van der Waals surface area (Å²) in [5.74, 6) is 0.964. The number of aryl methyl sites for hydroxylation is 1. The van der Waals surface area contributed by atoms with Crippen LogP contribution in [0.1, 0.15) is 53.2 Å². The quantitative estimate of drug-likeness (QED) is 0.113. The zero-order valence-corrected chi connectivity index (χ0v) is 31.3. The Morgan fingerprint density at radius 1 is 1.04 bits per heavy atom. The molecule has 54 heavy (non-hydrogen) atoms. The number of pyridine rings is 1. The van der Waals surface area contributed by atoms with Crippen molar-refractivity contribution in [3.8, 4) is 11.5 Å². The molecule has 4 heterocycles. The van der Waals surface area contributed by atoms with Crippen molar-refractivity contribution in [1.82, 2.24) is 29.7 Å². The summed E-state index contributed by atoms with van der Waals surface area (Å²) in [4.78, 5) is 50.5. The Hall–Kier alpha value is -5.35. The number of nitrogens with one attached hydrogen (secondary N) is 2. The number of piperidine rings is 1. The summed E-state index contributed by atoms with van der Waals surface area (Å²) in [7, 11) is 7.11. The molecular weight excluding hydrogens is 694 g/mol. The third-order valence-electron chi connectivity index (χ3n) is 9.66. The first-order valence-electron chi connectivity index (χ1n) is 17.9. The lowest BCUT2D eigenvalue weighted by Gasteiger charge is -2.31. The van der Waals surface area contributed by atoms with Gasteiger partial charge in [-0.1, -0.05) is 6.07 Å². The molecule has 0 bridgehead atoms. The monoisotopic (exact) mass is 741 g/mol. The van der Waals surface area contributed by atoms with Gasteiger partial charge in [-0.3, -0.25) is 34.2 Å². The minimum atomic E-state index is -0.790. The van der Waals surface area contributed by atoms with Crippen molar-refractivity contribution in [2.75, 3.05) is 73.1 Å². The molecule has 1 saturated heterocycles. The van der Waals surface area contributed by atoms with Crippen LogP contribution in [0.2, 0.25) is 0 Å². The molecule has 6 rings (SSSR count). The Bertz CT molecular complexity index is 2080. The molecular formula is C39H47N7O8. The number of carbonyl (C=O) groups is 2. The van der Waals surface area contributed by atoms with Gasteiger partial charge in [0, 0.05) is 68.5 Å². The van der Waals surface area contributed by atoms with Crippen LogP contribution in [-0.4, -0.2) is 109 Å². The lowest BCUT2D eigenvalue weighted by Crippen LogP contribution is -2.45. The third-order valence-corrected chi connectivity index (χ3v) is 9.66. The zero-order chi connectivity index (χ0) is 38.4. The molecule has 2 amide bonds. The lowest BCUT2D eigenvalue weighted by atomic mass is 9.91. The number of likely N-dealkylation sites (N-methyl/N-ethyl adjacent to an activating group) is 1. The lowest BCUT2D eigenvalue weighted by molar-refractivity contribution is -0.135. The van der Waals surface area contributed by atoms with E-state index in [0.717, 1.165) is 27.8 Å². The third kappa shape index (κ3) is 8.24. The van der Waals surface area contributed by atoms with Crippen LogP contribution < -0.4 is 25.7 Å². The number of benzene rings is 2. The molecule has 286 valence electrons. The van der Waals surface area contributed by atoms with Crippen molar-refractivity contribution in [3.05, 3.63) is 93.4 Å². The van der Waals surface area contributed by atoms with Gasteiger partial charge in [0.05, 0.1) is 57.1 Å². The summed E-state index contributed by atoms with van der Waals surface area (Å²) in [6.07, 6.45) is 4.95. The van der Waals surface area contributed by atoms with E-state index in [1.807, 2.05) is 44.6 Å². The van der Waals surface area contributed by atoms with Crippen LogP contribution in [0.4, 0.5) is 5.69 Å². The molecule has 3 N–H and O–H groups in total. The Kier molecular flexibility index (Phi) is 12.2. The maximum Gasteiger partial charge on any atom is 0.264 e. The summed E-state index contributed by atoms with van der Waals surface area (Å²) in [5.41, 5.74) is 5.16. The Labute approximate surface area is 313 Å². The normalized spacial score (nSPS) is 17.0. The van der Waals surface area contributed by atoms with Crippen LogP contribution in [0.5, 0.6) is 11.5 Å². The van der Waals surface area contributed by atoms with Gasteiger partial charge >= 0.3 is 0 Å². The maximum absolute atomic E-state index is 13.6. The first-order valence-corrected chi connectivity index (χ1v) is 17.9. The highest BCUT2D eigenvalue weighted by Gasteiger charge is 2.31. The maximum atomic E-state index is 13.6. The molecule has 2 unspecified atom stereocenters. The Morgan fingerprint density at radius 3 is 2.50 bits per heavy atom. The van der Waals surface area contributed by atoms with Crippen molar-refractivity contribution in [2.45, 2.75) is 38.6 Å². The van der Waals surface area contributed by atoms with Gasteiger partial charge in [0.15, 0.2) is 6.23 Å². The van der Waals surface area contributed by atoms with E-state index in [1.54, 1.807) is 50.6 Å². The SMILES string of the molecule is COc1cc(C2=CN(C)C(O)c3cnccc32)cc(OC)c1CN(C)CCOCCOCCNc1cccc2nc(C)n(C3CCC(=O)NC3=O)c(=O)c12. The van der Waals surface area contributed by atoms with Gasteiger partial charge in [-0.15, -0.1) is 0 Å². The van der Waals surface area contributed by atoms with Gasteiger partial charge in [-0.05, 0) is 61.9 Å². The topological polar surface area (TPSA) is 170 Å². The van der Waals surface area contributed by atoms with E-state index in [9.17, 15) is 19.5 Å². The number of aliphatic hydroxyl groups excluding tert-OH is 1. The van der Waals surface area contributed by atoms with Crippen molar-refractivity contribution >= 4 is 34.0 Å². The first-order chi connectivity index (χ1) is 26.1. The molecule has 2 aromatic carbocycles. The predicted octanol–water partition coefficient (Wildman–Crippen LogP) is 3.00. The number of amides is 2. The van der Waals surface area contributed by atoms with Crippen LogP contribution >= 0.6 is 0 Å². The van der Waals surface area contributed by atoms with E-state index < -0.39 is 18.2 Å². The van der Waals surface area contributed by atoms with Crippen LogP contribution in [-0.2, 0) is 25.6 Å². The number of hydrogen-bond acceptors (Lipinski definition) is 13.